The molecule has 1 aromatic rings. The lowest BCUT2D eigenvalue weighted by molar-refractivity contribution is -0.146. The molecule has 100 valence electrons. The van der Waals surface area contributed by atoms with Crippen molar-refractivity contribution in [3.63, 3.8) is 0 Å². The Balaban J connectivity index is 2.12. The molecule has 0 spiro atoms. The summed E-state index contributed by atoms with van der Waals surface area (Å²) in [5.74, 6) is 0.814. The first-order chi connectivity index (χ1) is 8.57. The van der Waals surface area contributed by atoms with Gasteiger partial charge in [0.15, 0.2) is 5.78 Å². The van der Waals surface area contributed by atoms with E-state index in [1.807, 2.05) is 11.4 Å². The quantitative estimate of drug-likeness (QED) is 0.826. The van der Waals surface area contributed by atoms with Gasteiger partial charge in [-0.05, 0) is 52.6 Å². The molecule has 0 saturated heterocycles. The molecule has 2 rings (SSSR count). The van der Waals surface area contributed by atoms with E-state index in [0.717, 1.165) is 28.6 Å². The third kappa shape index (κ3) is 2.86. The van der Waals surface area contributed by atoms with Crippen LogP contribution in [-0.4, -0.2) is 18.5 Å². The van der Waals surface area contributed by atoms with Gasteiger partial charge in [0.2, 0.25) is 0 Å². The van der Waals surface area contributed by atoms with Crippen LogP contribution in [0.15, 0.2) is 15.9 Å². The zero-order valence-electron chi connectivity index (χ0n) is 10.9. The van der Waals surface area contributed by atoms with Gasteiger partial charge in [-0.1, -0.05) is 13.3 Å². The zero-order valence-corrected chi connectivity index (χ0v) is 13.3. The molecule has 0 amide bonds. The van der Waals surface area contributed by atoms with E-state index in [9.17, 15) is 4.79 Å². The van der Waals surface area contributed by atoms with Gasteiger partial charge in [-0.3, -0.25) is 4.79 Å². The first-order valence-corrected chi connectivity index (χ1v) is 8.05. The van der Waals surface area contributed by atoms with Gasteiger partial charge in [-0.15, -0.1) is 11.3 Å². The van der Waals surface area contributed by atoms with Crippen LogP contribution in [-0.2, 0) is 16.0 Å². The number of ketones is 1. The summed E-state index contributed by atoms with van der Waals surface area (Å²) in [6.45, 7) is 2.21. The van der Waals surface area contributed by atoms with Crippen LogP contribution < -0.4 is 0 Å². The molecule has 0 N–H and O–H groups in total. The summed E-state index contributed by atoms with van der Waals surface area (Å²) in [4.78, 5) is 13.7. The Morgan fingerprint density at radius 1 is 1.67 bits per heavy atom. The van der Waals surface area contributed by atoms with Gasteiger partial charge in [0.1, 0.15) is 5.60 Å². The Morgan fingerprint density at radius 3 is 3.00 bits per heavy atom. The van der Waals surface area contributed by atoms with E-state index in [1.54, 1.807) is 18.4 Å². The number of hydrogen-bond acceptors (Lipinski definition) is 3. The molecule has 2 atom stereocenters. The number of thiophene rings is 1. The van der Waals surface area contributed by atoms with E-state index in [-0.39, 0.29) is 5.78 Å². The minimum absolute atomic E-state index is 0.236. The number of ether oxygens (including phenoxy) is 1. The molecule has 0 aliphatic heterocycles. The molecule has 1 heterocycles. The fraction of sp³-hybridized carbons (Fsp3) is 0.643. The highest BCUT2D eigenvalue weighted by molar-refractivity contribution is 9.10. The predicted octanol–water partition coefficient (Wildman–Crippen LogP) is 4.22. The maximum Gasteiger partial charge on any atom is 0.169 e. The highest BCUT2D eigenvalue weighted by Gasteiger charge is 2.41. The van der Waals surface area contributed by atoms with Crippen LogP contribution in [0, 0.1) is 5.92 Å². The Hall–Kier alpha value is -0.190. The average Bonchev–Trinajstić information content (AvgIpc) is 2.75. The van der Waals surface area contributed by atoms with Crippen LogP contribution in [0.4, 0.5) is 0 Å². The molecule has 0 aromatic carbocycles. The number of halogens is 1. The fourth-order valence-corrected chi connectivity index (χ4v) is 4.30. The van der Waals surface area contributed by atoms with Crippen molar-refractivity contribution in [3.8, 4) is 0 Å². The second-order valence-corrected chi connectivity index (χ2v) is 7.05. The molecular formula is C14H19BrO2S. The van der Waals surface area contributed by atoms with Gasteiger partial charge in [-0.2, -0.15) is 0 Å². The first-order valence-electron chi connectivity index (χ1n) is 6.38. The Labute approximate surface area is 121 Å². The lowest BCUT2D eigenvalue weighted by atomic mass is 9.75. The largest absolute Gasteiger partial charge is 0.370 e. The number of hydrogen-bond donors (Lipinski definition) is 0. The monoisotopic (exact) mass is 330 g/mol. The third-order valence-corrected chi connectivity index (χ3v) is 5.79. The number of methoxy groups -OCH3 is 1. The van der Waals surface area contributed by atoms with Crippen LogP contribution in [0.1, 0.15) is 37.5 Å². The highest BCUT2D eigenvalue weighted by atomic mass is 79.9. The maximum absolute atomic E-state index is 12.6. The molecule has 2 unspecified atom stereocenters. The molecule has 1 aromatic heterocycles. The number of carbonyl (C=O) groups excluding carboxylic acids is 1. The van der Waals surface area contributed by atoms with Gasteiger partial charge in [0.25, 0.3) is 0 Å². The molecule has 0 bridgehead atoms. The van der Waals surface area contributed by atoms with Gasteiger partial charge >= 0.3 is 0 Å². The summed E-state index contributed by atoms with van der Waals surface area (Å²) >= 11 is 5.12. The minimum atomic E-state index is -0.541. The van der Waals surface area contributed by atoms with E-state index in [2.05, 4.69) is 22.9 Å². The van der Waals surface area contributed by atoms with Crippen molar-refractivity contribution in [1.82, 2.24) is 0 Å². The number of rotatable bonds is 4. The van der Waals surface area contributed by atoms with Crippen molar-refractivity contribution in [3.05, 3.63) is 20.8 Å². The van der Waals surface area contributed by atoms with E-state index < -0.39 is 5.60 Å². The summed E-state index contributed by atoms with van der Waals surface area (Å²) in [6.07, 6.45) is 4.52. The standard InChI is InChI=1S/C14H19BrO2S/c1-10-4-3-6-14(9-10,17-2)13(16)8-12-11(15)5-7-18-12/h5,7,10H,3-4,6,8-9H2,1-2H3. The van der Waals surface area contributed by atoms with Crippen LogP contribution in [0.2, 0.25) is 0 Å². The van der Waals surface area contributed by atoms with Gasteiger partial charge in [-0.25, -0.2) is 0 Å². The van der Waals surface area contributed by atoms with Crippen LogP contribution in [0.3, 0.4) is 0 Å². The van der Waals surface area contributed by atoms with Crippen LogP contribution in [0.25, 0.3) is 0 Å². The van der Waals surface area contributed by atoms with Crippen molar-refractivity contribution >= 4 is 33.0 Å². The first kappa shape index (κ1) is 14.2. The molecule has 1 saturated carbocycles. The van der Waals surface area contributed by atoms with Crippen molar-refractivity contribution < 1.29 is 9.53 Å². The highest BCUT2D eigenvalue weighted by Crippen LogP contribution is 2.37. The fourth-order valence-electron chi connectivity index (χ4n) is 2.81. The molecule has 18 heavy (non-hydrogen) atoms. The van der Waals surface area contributed by atoms with E-state index in [0.29, 0.717) is 12.3 Å². The second-order valence-electron chi connectivity index (χ2n) is 5.19. The molecule has 1 aliphatic carbocycles. The summed E-state index contributed by atoms with van der Waals surface area (Å²) < 4.78 is 6.68. The maximum atomic E-state index is 12.6. The topological polar surface area (TPSA) is 26.3 Å². The Kier molecular flexibility index (Phi) is 4.62. The normalized spacial score (nSPS) is 28.3. The van der Waals surface area contributed by atoms with E-state index in [4.69, 9.17) is 4.74 Å². The summed E-state index contributed by atoms with van der Waals surface area (Å²) in [5, 5.41) is 2.01. The van der Waals surface area contributed by atoms with Crippen molar-refractivity contribution in [2.45, 2.75) is 44.6 Å². The number of Topliss-reactive ketones (excluding diaryl/α,β-unsaturated/α-hetero) is 1. The zero-order chi connectivity index (χ0) is 13.2. The summed E-state index contributed by atoms with van der Waals surface area (Å²) in [5.41, 5.74) is -0.541. The number of carbonyl (C=O) groups is 1. The van der Waals surface area contributed by atoms with Crippen molar-refractivity contribution in [1.29, 1.82) is 0 Å². The molecule has 4 heteroatoms. The molecule has 2 nitrogen and oxygen atoms in total. The van der Waals surface area contributed by atoms with Crippen LogP contribution in [0.5, 0.6) is 0 Å². The SMILES string of the molecule is COC1(C(=O)Cc2sccc2Br)CCCC(C)C1. The molecule has 1 fully saturated rings. The molecular weight excluding hydrogens is 312 g/mol. The van der Waals surface area contributed by atoms with Crippen molar-refractivity contribution in [2.75, 3.05) is 7.11 Å². The Bertz CT molecular complexity index is 429. The third-order valence-electron chi connectivity index (χ3n) is 3.87. The van der Waals surface area contributed by atoms with E-state index >= 15 is 0 Å². The van der Waals surface area contributed by atoms with E-state index in [1.165, 1.54) is 6.42 Å². The lowest BCUT2D eigenvalue weighted by Gasteiger charge is -2.37. The van der Waals surface area contributed by atoms with Gasteiger partial charge in [0, 0.05) is 22.9 Å². The summed E-state index contributed by atoms with van der Waals surface area (Å²) in [7, 11) is 1.68. The lowest BCUT2D eigenvalue weighted by Crippen LogP contribution is -2.45. The van der Waals surface area contributed by atoms with Gasteiger partial charge < -0.3 is 4.74 Å². The predicted molar refractivity (Wildman–Crippen MR) is 78.1 cm³/mol. The Morgan fingerprint density at radius 2 is 2.44 bits per heavy atom. The molecule has 1 aliphatic rings. The molecule has 0 radical (unpaired) electrons. The van der Waals surface area contributed by atoms with Crippen LogP contribution >= 0.6 is 27.3 Å². The average molecular weight is 331 g/mol. The van der Waals surface area contributed by atoms with Gasteiger partial charge in [0.05, 0.1) is 0 Å². The summed E-state index contributed by atoms with van der Waals surface area (Å²) in [6, 6.07) is 2.00. The van der Waals surface area contributed by atoms with Crippen molar-refractivity contribution in [2.24, 2.45) is 5.92 Å². The smallest absolute Gasteiger partial charge is 0.169 e. The minimum Gasteiger partial charge on any atom is -0.370 e. The second kappa shape index (κ2) is 5.85.